The zero-order chi connectivity index (χ0) is 16.1. The van der Waals surface area contributed by atoms with Crippen molar-refractivity contribution in [2.45, 2.75) is 19.9 Å². The number of rotatable bonds is 6. The molecule has 3 N–H and O–H groups in total. The molecule has 2 aromatic carbocycles. The maximum absolute atomic E-state index is 11.1. The highest BCUT2D eigenvalue weighted by atomic mass is 16.6. The summed E-state index contributed by atoms with van der Waals surface area (Å²) in [6.45, 7) is 2.37. The third kappa shape index (κ3) is 3.60. The Hall–Kier alpha value is -2.89. The van der Waals surface area contributed by atoms with Gasteiger partial charge in [-0.05, 0) is 36.2 Å². The van der Waals surface area contributed by atoms with Gasteiger partial charge in [-0.1, -0.05) is 19.1 Å². The Morgan fingerprint density at radius 1 is 1.23 bits per heavy atom. The normalized spacial score (nSPS) is 10.2. The van der Waals surface area contributed by atoms with Gasteiger partial charge in [0.15, 0.2) is 0 Å². The van der Waals surface area contributed by atoms with E-state index in [0.717, 1.165) is 12.1 Å². The van der Waals surface area contributed by atoms with Crippen molar-refractivity contribution in [1.82, 2.24) is 0 Å². The summed E-state index contributed by atoms with van der Waals surface area (Å²) < 4.78 is 0. The van der Waals surface area contributed by atoms with Crippen LogP contribution in [-0.4, -0.2) is 10.8 Å². The van der Waals surface area contributed by atoms with Crippen LogP contribution in [0.15, 0.2) is 42.5 Å². The van der Waals surface area contributed by atoms with Crippen LogP contribution in [0.3, 0.4) is 0 Å². The summed E-state index contributed by atoms with van der Waals surface area (Å²) in [5.74, 6) is -0.683. The van der Waals surface area contributed by atoms with Crippen LogP contribution < -0.4 is 11.1 Å². The van der Waals surface area contributed by atoms with Gasteiger partial charge in [0.2, 0.25) is 5.91 Å². The van der Waals surface area contributed by atoms with E-state index in [2.05, 4.69) is 12.2 Å². The maximum Gasteiger partial charge on any atom is 0.275 e. The predicted molar refractivity (Wildman–Crippen MR) is 84.8 cm³/mol. The monoisotopic (exact) mass is 299 g/mol. The fourth-order valence-corrected chi connectivity index (χ4v) is 2.09. The average Bonchev–Trinajstić information content (AvgIpc) is 2.53. The number of nitrogens with zero attached hydrogens (tertiary/aromatic N) is 1. The number of aryl methyl sites for hydroxylation is 1. The Morgan fingerprint density at radius 2 is 1.91 bits per heavy atom. The van der Waals surface area contributed by atoms with E-state index >= 15 is 0 Å². The number of carbonyl (C=O) groups is 1. The maximum atomic E-state index is 11.1. The molecule has 0 aliphatic rings. The van der Waals surface area contributed by atoms with Crippen LogP contribution in [0, 0.1) is 10.1 Å². The Bertz CT molecular complexity index is 696. The standard InChI is InChI=1S/C16H17N3O3/c1-2-11-3-7-14(8-4-11)18-10-13-6-5-12(16(17)20)9-15(13)19(21)22/h3-9,18H,2,10H2,1H3,(H2,17,20). The number of primary amides is 1. The van der Waals surface area contributed by atoms with Gasteiger partial charge in [0, 0.05) is 29.4 Å². The van der Waals surface area contributed by atoms with E-state index in [0.29, 0.717) is 12.1 Å². The van der Waals surface area contributed by atoms with Gasteiger partial charge < -0.3 is 11.1 Å². The van der Waals surface area contributed by atoms with Crippen LogP contribution >= 0.6 is 0 Å². The van der Waals surface area contributed by atoms with E-state index in [4.69, 9.17) is 5.73 Å². The Morgan fingerprint density at radius 3 is 2.45 bits per heavy atom. The average molecular weight is 299 g/mol. The van der Waals surface area contributed by atoms with Crippen LogP contribution in [0.25, 0.3) is 0 Å². The highest BCUT2D eigenvalue weighted by Gasteiger charge is 2.16. The first-order chi connectivity index (χ1) is 10.5. The lowest BCUT2D eigenvalue weighted by Crippen LogP contribution is -2.12. The summed E-state index contributed by atoms with van der Waals surface area (Å²) in [6, 6.07) is 12.1. The van der Waals surface area contributed by atoms with Gasteiger partial charge in [-0.2, -0.15) is 0 Å². The second-order valence-electron chi connectivity index (χ2n) is 4.87. The van der Waals surface area contributed by atoms with Crippen molar-refractivity contribution >= 4 is 17.3 Å². The summed E-state index contributed by atoms with van der Waals surface area (Å²) >= 11 is 0. The number of nitro groups is 1. The fourth-order valence-electron chi connectivity index (χ4n) is 2.09. The molecule has 0 spiro atoms. The molecule has 2 aromatic rings. The summed E-state index contributed by atoms with van der Waals surface area (Å²) in [7, 11) is 0. The number of hydrogen-bond acceptors (Lipinski definition) is 4. The minimum Gasteiger partial charge on any atom is -0.381 e. The second-order valence-corrected chi connectivity index (χ2v) is 4.87. The molecule has 0 radical (unpaired) electrons. The smallest absolute Gasteiger partial charge is 0.275 e. The quantitative estimate of drug-likeness (QED) is 0.633. The molecule has 0 unspecified atom stereocenters. The van der Waals surface area contributed by atoms with Gasteiger partial charge in [0.25, 0.3) is 5.69 Å². The zero-order valence-corrected chi connectivity index (χ0v) is 12.2. The number of carbonyl (C=O) groups excluding carboxylic acids is 1. The van der Waals surface area contributed by atoms with E-state index in [1.807, 2.05) is 24.3 Å². The second kappa shape index (κ2) is 6.71. The Balaban J connectivity index is 2.17. The van der Waals surface area contributed by atoms with E-state index in [9.17, 15) is 14.9 Å². The molecule has 6 heteroatoms. The van der Waals surface area contributed by atoms with E-state index < -0.39 is 10.8 Å². The van der Waals surface area contributed by atoms with Gasteiger partial charge in [-0.3, -0.25) is 14.9 Å². The lowest BCUT2D eigenvalue weighted by Gasteiger charge is -2.08. The van der Waals surface area contributed by atoms with Gasteiger partial charge in [0.1, 0.15) is 0 Å². The van der Waals surface area contributed by atoms with Gasteiger partial charge in [-0.15, -0.1) is 0 Å². The number of hydrogen-bond donors (Lipinski definition) is 2. The van der Waals surface area contributed by atoms with Gasteiger partial charge in [-0.25, -0.2) is 0 Å². The third-order valence-electron chi connectivity index (χ3n) is 3.41. The first-order valence-corrected chi connectivity index (χ1v) is 6.91. The number of nitrogens with two attached hydrogens (primary N) is 1. The molecule has 0 aliphatic heterocycles. The molecule has 0 aliphatic carbocycles. The van der Waals surface area contributed by atoms with Crippen molar-refractivity contribution in [3.05, 3.63) is 69.3 Å². The SMILES string of the molecule is CCc1ccc(NCc2ccc(C(N)=O)cc2[N+](=O)[O-])cc1. The van der Waals surface area contributed by atoms with Crippen LogP contribution in [0.4, 0.5) is 11.4 Å². The third-order valence-corrected chi connectivity index (χ3v) is 3.41. The van der Waals surface area contributed by atoms with Gasteiger partial charge in [0.05, 0.1) is 4.92 Å². The van der Waals surface area contributed by atoms with Crippen molar-refractivity contribution in [1.29, 1.82) is 0 Å². The molecule has 0 bridgehead atoms. The molecule has 6 nitrogen and oxygen atoms in total. The molecule has 22 heavy (non-hydrogen) atoms. The molecule has 0 fully saturated rings. The highest BCUT2D eigenvalue weighted by Crippen LogP contribution is 2.22. The van der Waals surface area contributed by atoms with Crippen LogP contribution in [0.1, 0.15) is 28.4 Å². The summed E-state index contributed by atoms with van der Waals surface area (Å²) in [4.78, 5) is 21.7. The Kier molecular flexibility index (Phi) is 4.73. The van der Waals surface area contributed by atoms with E-state index in [1.54, 1.807) is 6.07 Å². The fraction of sp³-hybridized carbons (Fsp3) is 0.188. The first-order valence-electron chi connectivity index (χ1n) is 6.91. The lowest BCUT2D eigenvalue weighted by atomic mass is 10.1. The van der Waals surface area contributed by atoms with Gasteiger partial charge >= 0.3 is 0 Å². The highest BCUT2D eigenvalue weighted by molar-refractivity contribution is 5.93. The lowest BCUT2D eigenvalue weighted by molar-refractivity contribution is -0.385. The van der Waals surface area contributed by atoms with Crippen molar-refractivity contribution in [2.75, 3.05) is 5.32 Å². The van der Waals surface area contributed by atoms with E-state index in [-0.39, 0.29) is 11.3 Å². The molecule has 0 saturated heterocycles. The number of nitro benzene ring substituents is 1. The van der Waals surface area contributed by atoms with E-state index in [1.165, 1.54) is 17.7 Å². The number of anilines is 1. The topological polar surface area (TPSA) is 98.3 Å². The molecular weight excluding hydrogens is 282 g/mol. The number of amides is 1. The molecule has 114 valence electrons. The molecular formula is C16H17N3O3. The van der Waals surface area contributed by atoms with Crippen molar-refractivity contribution in [3.63, 3.8) is 0 Å². The van der Waals surface area contributed by atoms with Crippen molar-refractivity contribution in [3.8, 4) is 0 Å². The molecule has 1 amide bonds. The first kappa shape index (κ1) is 15.5. The zero-order valence-electron chi connectivity index (χ0n) is 12.2. The van der Waals surface area contributed by atoms with Crippen molar-refractivity contribution < 1.29 is 9.72 Å². The molecule has 0 heterocycles. The molecule has 0 saturated carbocycles. The molecule has 2 rings (SSSR count). The summed E-state index contributed by atoms with van der Waals surface area (Å²) in [6.07, 6.45) is 0.959. The summed E-state index contributed by atoms with van der Waals surface area (Å²) in [5.41, 5.74) is 7.76. The predicted octanol–water partition coefficient (Wildman–Crippen LogP) is 2.87. The molecule has 0 aromatic heterocycles. The largest absolute Gasteiger partial charge is 0.381 e. The minimum absolute atomic E-state index is 0.117. The van der Waals surface area contributed by atoms with Crippen LogP contribution in [0.2, 0.25) is 0 Å². The number of benzene rings is 2. The van der Waals surface area contributed by atoms with Crippen LogP contribution in [-0.2, 0) is 13.0 Å². The van der Waals surface area contributed by atoms with Crippen molar-refractivity contribution in [2.24, 2.45) is 5.73 Å². The Labute approximate surface area is 128 Å². The number of nitrogens with one attached hydrogen (secondary N) is 1. The molecule has 0 atom stereocenters. The summed E-state index contributed by atoms with van der Waals surface area (Å²) in [5, 5.41) is 14.3. The van der Waals surface area contributed by atoms with Crippen LogP contribution in [0.5, 0.6) is 0 Å². The minimum atomic E-state index is -0.683.